The first kappa shape index (κ1) is 14.7. The monoisotopic (exact) mass is 339 g/mol. The third-order valence-corrected chi connectivity index (χ3v) is 3.98. The van der Waals surface area contributed by atoms with Crippen LogP contribution in [0, 0.1) is 0 Å². The summed E-state index contributed by atoms with van der Waals surface area (Å²) in [7, 11) is 1.85. The van der Waals surface area contributed by atoms with Gasteiger partial charge < -0.3 is 9.30 Å². The molecule has 0 spiro atoms. The SMILES string of the molecule is Cn1nnc2ccc(Oc3ccc(Cl)cc3Cn3ccnc3)cc21. The van der Waals surface area contributed by atoms with Gasteiger partial charge in [-0.3, -0.25) is 0 Å². The molecule has 0 aliphatic carbocycles. The van der Waals surface area contributed by atoms with Crippen LogP contribution in [0.3, 0.4) is 0 Å². The van der Waals surface area contributed by atoms with Gasteiger partial charge in [0.05, 0.1) is 18.4 Å². The molecule has 0 saturated carbocycles. The Morgan fingerprint density at radius 1 is 1.17 bits per heavy atom. The van der Waals surface area contributed by atoms with Crippen molar-refractivity contribution in [2.24, 2.45) is 7.05 Å². The molecular weight excluding hydrogens is 326 g/mol. The quantitative estimate of drug-likeness (QED) is 0.569. The van der Waals surface area contributed by atoms with Crippen LogP contribution in [0.2, 0.25) is 5.02 Å². The smallest absolute Gasteiger partial charge is 0.132 e. The Morgan fingerprint density at radius 3 is 2.92 bits per heavy atom. The molecule has 6 nitrogen and oxygen atoms in total. The van der Waals surface area contributed by atoms with Gasteiger partial charge in [-0.15, -0.1) is 5.10 Å². The minimum absolute atomic E-state index is 0.630. The lowest BCUT2D eigenvalue weighted by Crippen LogP contribution is -1.99. The van der Waals surface area contributed by atoms with Crippen LogP contribution >= 0.6 is 11.6 Å². The summed E-state index contributed by atoms with van der Waals surface area (Å²) in [5.74, 6) is 1.48. The second-order valence-electron chi connectivity index (χ2n) is 5.45. The summed E-state index contributed by atoms with van der Waals surface area (Å²) in [5.41, 5.74) is 2.72. The van der Waals surface area contributed by atoms with E-state index in [4.69, 9.17) is 16.3 Å². The van der Waals surface area contributed by atoms with Crippen molar-refractivity contribution in [2.75, 3.05) is 0 Å². The zero-order chi connectivity index (χ0) is 16.5. The second-order valence-corrected chi connectivity index (χ2v) is 5.89. The van der Waals surface area contributed by atoms with Crippen LogP contribution in [-0.4, -0.2) is 24.5 Å². The molecule has 4 aromatic rings. The van der Waals surface area contributed by atoms with Gasteiger partial charge in [-0.2, -0.15) is 0 Å². The molecule has 2 aromatic carbocycles. The lowest BCUT2D eigenvalue weighted by atomic mass is 10.2. The zero-order valence-electron chi connectivity index (χ0n) is 12.9. The first-order valence-electron chi connectivity index (χ1n) is 7.40. The van der Waals surface area contributed by atoms with E-state index < -0.39 is 0 Å². The highest BCUT2D eigenvalue weighted by molar-refractivity contribution is 6.30. The van der Waals surface area contributed by atoms with E-state index in [1.165, 1.54) is 0 Å². The number of ether oxygens (including phenoxy) is 1. The summed E-state index contributed by atoms with van der Waals surface area (Å²) in [6.07, 6.45) is 5.41. The maximum atomic E-state index is 6.14. The number of fused-ring (bicyclic) bond motifs is 1. The third kappa shape index (κ3) is 2.83. The predicted molar refractivity (Wildman–Crippen MR) is 91.4 cm³/mol. The number of nitrogens with zero attached hydrogens (tertiary/aromatic N) is 5. The Labute approximate surface area is 143 Å². The molecule has 0 atom stereocenters. The third-order valence-electron chi connectivity index (χ3n) is 3.74. The van der Waals surface area contributed by atoms with E-state index in [9.17, 15) is 0 Å². The lowest BCUT2D eigenvalue weighted by molar-refractivity contribution is 0.474. The van der Waals surface area contributed by atoms with Crippen molar-refractivity contribution in [3.8, 4) is 11.5 Å². The van der Waals surface area contributed by atoms with Gasteiger partial charge in [0.2, 0.25) is 0 Å². The molecule has 0 fully saturated rings. The van der Waals surface area contributed by atoms with E-state index in [2.05, 4.69) is 15.3 Å². The van der Waals surface area contributed by atoms with Gasteiger partial charge in [-0.1, -0.05) is 16.8 Å². The first-order chi connectivity index (χ1) is 11.7. The molecule has 2 heterocycles. The molecule has 24 heavy (non-hydrogen) atoms. The molecule has 0 aliphatic rings. The molecule has 0 amide bonds. The van der Waals surface area contributed by atoms with Gasteiger partial charge in [0.25, 0.3) is 0 Å². The summed E-state index contributed by atoms with van der Waals surface area (Å²) >= 11 is 6.14. The van der Waals surface area contributed by atoms with Gasteiger partial charge in [-0.25, -0.2) is 9.67 Å². The molecule has 0 aliphatic heterocycles. The lowest BCUT2D eigenvalue weighted by Gasteiger charge is -2.12. The van der Waals surface area contributed by atoms with Crippen LogP contribution in [0.25, 0.3) is 11.0 Å². The van der Waals surface area contributed by atoms with Gasteiger partial charge in [-0.05, 0) is 30.3 Å². The van der Waals surface area contributed by atoms with Crippen molar-refractivity contribution in [2.45, 2.75) is 6.54 Å². The standard InChI is InChI=1S/C17H14ClN5O/c1-22-16-9-14(3-4-15(16)20-21-22)24-17-5-2-13(18)8-12(17)10-23-7-6-19-11-23/h2-9,11H,10H2,1H3. The zero-order valence-corrected chi connectivity index (χ0v) is 13.7. The highest BCUT2D eigenvalue weighted by Crippen LogP contribution is 2.30. The van der Waals surface area contributed by atoms with E-state index in [0.717, 1.165) is 28.1 Å². The largest absolute Gasteiger partial charge is 0.457 e. The van der Waals surface area contributed by atoms with Crippen LogP contribution < -0.4 is 4.74 Å². The Balaban J connectivity index is 1.68. The van der Waals surface area contributed by atoms with E-state index in [0.29, 0.717) is 11.6 Å². The van der Waals surface area contributed by atoms with Gasteiger partial charge in [0.15, 0.2) is 0 Å². The van der Waals surface area contributed by atoms with Gasteiger partial charge in [0.1, 0.15) is 17.0 Å². The number of hydrogen-bond donors (Lipinski definition) is 0. The average molecular weight is 340 g/mol. The number of halogens is 1. The van der Waals surface area contributed by atoms with E-state index in [-0.39, 0.29) is 0 Å². The molecule has 2 aromatic heterocycles. The molecule has 0 unspecified atom stereocenters. The fourth-order valence-electron chi connectivity index (χ4n) is 2.55. The van der Waals surface area contributed by atoms with Crippen molar-refractivity contribution in [1.29, 1.82) is 0 Å². The van der Waals surface area contributed by atoms with E-state index >= 15 is 0 Å². The molecule has 0 N–H and O–H groups in total. The molecule has 7 heteroatoms. The Morgan fingerprint density at radius 2 is 2.08 bits per heavy atom. The summed E-state index contributed by atoms with van der Waals surface area (Å²) in [4.78, 5) is 4.06. The molecule has 120 valence electrons. The summed E-state index contributed by atoms with van der Waals surface area (Å²) in [6, 6.07) is 11.3. The fourth-order valence-corrected chi connectivity index (χ4v) is 2.74. The van der Waals surface area contributed by atoms with Gasteiger partial charge in [0, 0.05) is 36.1 Å². The van der Waals surface area contributed by atoms with Crippen molar-refractivity contribution >= 4 is 22.6 Å². The van der Waals surface area contributed by atoms with Crippen LogP contribution in [0.5, 0.6) is 11.5 Å². The Bertz CT molecular complexity index is 994. The normalized spacial score (nSPS) is 11.1. The highest BCUT2D eigenvalue weighted by Gasteiger charge is 2.09. The molecule has 0 radical (unpaired) electrons. The number of benzene rings is 2. The number of hydrogen-bond acceptors (Lipinski definition) is 4. The summed E-state index contributed by atoms with van der Waals surface area (Å²) in [5, 5.41) is 8.75. The first-order valence-corrected chi connectivity index (χ1v) is 7.78. The molecule has 0 bridgehead atoms. The van der Waals surface area contributed by atoms with Crippen molar-refractivity contribution in [3.05, 3.63) is 65.7 Å². The van der Waals surface area contributed by atoms with Crippen molar-refractivity contribution in [1.82, 2.24) is 24.5 Å². The van der Waals surface area contributed by atoms with Crippen LogP contribution in [-0.2, 0) is 13.6 Å². The van der Waals surface area contributed by atoms with Crippen molar-refractivity contribution < 1.29 is 4.74 Å². The van der Waals surface area contributed by atoms with E-state index in [1.54, 1.807) is 17.2 Å². The molecule has 4 rings (SSSR count). The minimum Gasteiger partial charge on any atom is -0.457 e. The number of imidazole rings is 1. The summed E-state index contributed by atoms with van der Waals surface area (Å²) in [6.45, 7) is 0.630. The maximum absolute atomic E-state index is 6.14. The van der Waals surface area contributed by atoms with Crippen LogP contribution in [0.4, 0.5) is 0 Å². The predicted octanol–water partition coefficient (Wildman–Crippen LogP) is 3.66. The summed E-state index contributed by atoms with van der Waals surface area (Å²) < 4.78 is 9.77. The highest BCUT2D eigenvalue weighted by atomic mass is 35.5. The fraction of sp³-hybridized carbons (Fsp3) is 0.118. The van der Waals surface area contributed by atoms with Gasteiger partial charge >= 0.3 is 0 Å². The number of aromatic nitrogens is 5. The minimum atomic E-state index is 0.630. The Kier molecular flexibility index (Phi) is 3.66. The molecule has 0 saturated heterocycles. The average Bonchev–Trinajstić information content (AvgIpc) is 3.21. The number of rotatable bonds is 4. The van der Waals surface area contributed by atoms with E-state index in [1.807, 2.05) is 54.2 Å². The maximum Gasteiger partial charge on any atom is 0.132 e. The van der Waals surface area contributed by atoms with Crippen LogP contribution in [0.15, 0.2) is 55.1 Å². The van der Waals surface area contributed by atoms with Crippen molar-refractivity contribution in [3.63, 3.8) is 0 Å². The molecular formula is C17H14ClN5O. The topological polar surface area (TPSA) is 57.8 Å². The number of aryl methyl sites for hydroxylation is 1. The van der Waals surface area contributed by atoms with Crippen LogP contribution in [0.1, 0.15) is 5.56 Å². The second kappa shape index (κ2) is 5.98. The Hall–Kier alpha value is -2.86.